The molecule has 0 aromatic heterocycles. The van der Waals surface area contributed by atoms with E-state index >= 15 is 0 Å². The minimum atomic E-state index is -0.0530. The van der Waals surface area contributed by atoms with E-state index in [1.54, 1.807) is 37.3 Å². The predicted molar refractivity (Wildman–Crippen MR) is 109 cm³/mol. The topological polar surface area (TPSA) is 85.1 Å². The van der Waals surface area contributed by atoms with E-state index in [1.165, 1.54) is 0 Å². The van der Waals surface area contributed by atoms with Gasteiger partial charge in [-0.25, -0.2) is 0 Å². The molecule has 2 unspecified atom stereocenters. The minimum Gasteiger partial charge on any atom is -0.493 e. The molecule has 7 nitrogen and oxygen atoms in total. The third kappa shape index (κ3) is 4.89. The average Bonchev–Trinajstić information content (AvgIpc) is 2.72. The van der Waals surface area contributed by atoms with Crippen LogP contribution in [-0.4, -0.2) is 68.1 Å². The Hall–Kier alpha value is -1.99. The normalized spacial score (nSPS) is 22.2. The number of hydrogen-bond donors (Lipinski definition) is 1. The molecule has 1 saturated carbocycles. The molecule has 1 aromatic carbocycles. The van der Waals surface area contributed by atoms with Crippen molar-refractivity contribution < 1.29 is 19.1 Å². The van der Waals surface area contributed by atoms with Crippen molar-refractivity contribution in [1.29, 1.82) is 0 Å². The van der Waals surface area contributed by atoms with Crippen molar-refractivity contribution in [3.63, 3.8) is 0 Å². The van der Waals surface area contributed by atoms with Gasteiger partial charge in [0.15, 0.2) is 11.5 Å². The summed E-state index contributed by atoms with van der Waals surface area (Å²) in [7, 11) is 3.11. The van der Waals surface area contributed by atoms with Gasteiger partial charge < -0.3 is 25.0 Å². The van der Waals surface area contributed by atoms with Gasteiger partial charge >= 0.3 is 0 Å². The lowest BCUT2D eigenvalue weighted by molar-refractivity contribution is -0.138. The van der Waals surface area contributed by atoms with Gasteiger partial charge in [0, 0.05) is 43.7 Å². The molecule has 0 bridgehead atoms. The number of carbonyl (C=O) groups is 2. The van der Waals surface area contributed by atoms with Crippen LogP contribution in [0, 0.1) is 5.92 Å². The zero-order valence-electron chi connectivity index (χ0n) is 16.6. The van der Waals surface area contributed by atoms with Crippen LogP contribution in [0.25, 0.3) is 0 Å². The van der Waals surface area contributed by atoms with Crippen molar-refractivity contribution in [2.45, 2.75) is 31.7 Å². The lowest BCUT2D eigenvalue weighted by Gasteiger charge is -2.37. The van der Waals surface area contributed by atoms with Crippen molar-refractivity contribution in [2.75, 3.05) is 40.4 Å². The maximum Gasteiger partial charge on any atom is 0.254 e. The largest absolute Gasteiger partial charge is 0.493 e. The first-order valence-electron chi connectivity index (χ1n) is 9.59. The van der Waals surface area contributed by atoms with E-state index in [-0.39, 0.29) is 36.2 Å². The van der Waals surface area contributed by atoms with E-state index in [2.05, 4.69) is 0 Å². The number of benzene rings is 1. The molecule has 1 aliphatic carbocycles. The molecule has 0 spiro atoms. The standard InChI is InChI=1S/C20H29N3O4.ClH/c1-26-17-7-6-15(13-18(17)27-2)20(25)23-10-8-22(9-11-23)19(24)14-4-3-5-16(21)12-14;/h6-7,13-14,16H,3-5,8-12,21H2,1-2H3;1H. The van der Waals surface area contributed by atoms with Gasteiger partial charge in [-0.05, 0) is 37.5 Å². The van der Waals surface area contributed by atoms with E-state index in [4.69, 9.17) is 15.2 Å². The van der Waals surface area contributed by atoms with Gasteiger partial charge in [-0.15, -0.1) is 12.4 Å². The molecule has 1 saturated heterocycles. The van der Waals surface area contributed by atoms with Gasteiger partial charge in [0.1, 0.15) is 0 Å². The number of methoxy groups -OCH3 is 2. The first kappa shape index (κ1) is 22.3. The van der Waals surface area contributed by atoms with Gasteiger partial charge in [0.05, 0.1) is 14.2 Å². The molecule has 0 radical (unpaired) electrons. The summed E-state index contributed by atoms with van der Waals surface area (Å²) >= 11 is 0. The average molecular weight is 412 g/mol. The summed E-state index contributed by atoms with van der Waals surface area (Å²) in [4.78, 5) is 29.2. The maximum absolute atomic E-state index is 12.8. The fourth-order valence-corrected chi connectivity index (χ4v) is 3.99. The molecule has 2 amide bonds. The van der Waals surface area contributed by atoms with Crippen LogP contribution in [0.5, 0.6) is 11.5 Å². The highest BCUT2D eigenvalue weighted by Crippen LogP contribution is 2.29. The monoisotopic (exact) mass is 411 g/mol. The Morgan fingerprint density at radius 3 is 2.25 bits per heavy atom. The summed E-state index contributed by atoms with van der Waals surface area (Å²) in [6.07, 6.45) is 3.74. The van der Waals surface area contributed by atoms with Crippen molar-refractivity contribution in [1.82, 2.24) is 9.80 Å². The number of rotatable bonds is 4. The molecule has 8 heteroatoms. The Morgan fingerprint density at radius 1 is 1.00 bits per heavy atom. The molecule has 2 fully saturated rings. The zero-order valence-corrected chi connectivity index (χ0v) is 17.4. The van der Waals surface area contributed by atoms with E-state index < -0.39 is 0 Å². The van der Waals surface area contributed by atoms with Crippen LogP contribution in [0.2, 0.25) is 0 Å². The number of carbonyl (C=O) groups excluding carboxylic acids is 2. The Kier molecular flexibility index (Phi) is 7.95. The first-order valence-corrected chi connectivity index (χ1v) is 9.59. The molecule has 1 aromatic rings. The lowest BCUT2D eigenvalue weighted by Crippen LogP contribution is -2.52. The van der Waals surface area contributed by atoms with E-state index in [0.29, 0.717) is 43.2 Å². The number of piperazine rings is 1. The number of hydrogen-bond acceptors (Lipinski definition) is 5. The Bertz CT molecular complexity index is 692. The smallest absolute Gasteiger partial charge is 0.254 e. The zero-order chi connectivity index (χ0) is 19.4. The molecular weight excluding hydrogens is 382 g/mol. The van der Waals surface area contributed by atoms with Gasteiger partial charge in [-0.1, -0.05) is 6.42 Å². The second kappa shape index (κ2) is 9.98. The summed E-state index contributed by atoms with van der Waals surface area (Å²) in [6.45, 7) is 2.22. The number of nitrogens with two attached hydrogens (primary N) is 1. The third-order valence-electron chi connectivity index (χ3n) is 5.57. The van der Waals surface area contributed by atoms with Crippen LogP contribution in [0.1, 0.15) is 36.0 Å². The molecule has 1 aliphatic heterocycles. The van der Waals surface area contributed by atoms with Crippen LogP contribution in [0.4, 0.5) is 0 Å². The van der Waals surface area contributed by atoms with Crippen molar-refractivity contribution in [3.8, 4) is 11.5 Å². The molecule has 1 heterocycles. The maximum atomic E-state index is 12.8. The number of ether oxygens (including phenoxy) is 2. The summed E-state index contributed by atoms with van der Waals surface area (Å²) in [6, 6.07) is 5.31. The first-order chi connectivity index (χ1) is 13.0. The number of amides is 2. The second-order valence-corrected chi connectivity index (χ2v) is 7.31. The van der Waals surface area contributed by atoms with Gasteiger partial charge in [-0.2, -0.15) is 0 Å². The fraction of sp³-hybridized carbons (Fsp3) is 0.600. The second-order valence-electron chi connectivity index (χ2n) is 7.31. The van der Waals surface area contributed by atoms with Gasteiger partial charge in [0.2, 0.25) is 5.91 Å². The molecule has 156 valence electrons. The molecule has 28 heavy (non-hydrogen) atoms. The molecule has 2 atom stereocenters. The predicted octanol–water partition coefficient (Wildman–Crippen LogP) is 1.93. The van der Waals surface area contributed by atoms with Crippen LogP contribution in [0.3, 0.4) is 0 Å². The SMILES string of the molecule is COc1ccc(C(=O)N2CCN(C(=O)C3CCCC(N)C3)CC2)cc1OC.Cl. The molecule has 2 N–H and O–H groups in total. The molecule has 2 aliphatic rings. The molecule has 3 rings (SSSR count). The summed E-state index contributed by atoms with van der Waals surface area (Å²) in [5.74, 6) is 1.31. The Morgan fingerprint density at radius 2 is 1.64 bits per heavy atom. The fourth-order valence-electron chi connectivity index (χ4n) is 3.99. The van der Waals surface area contributed by atoms with Gasteiger partial charge in [0.25, 0.3) is 5.91 Å². The Balaban J connectivity index is 0.00000280. The highest BCUT2D eigenvalue weighted by atomic mass is 35.5. The summed E-state index contributed by atoms with van der Waals surface area (Å²) in [5.41, 5.74) is 6.58. The van der Waals surface area contributed by atoms with Crippen LogP contribution in [0.15, 0.2) is 18.2 Å². The summed E-state index contributed by atoms with van der Waals surface area (Å²) < 4.78 is 10.5. The third-order valence-corrected chi connectivity index (χ3v) is 5.57. The highest BCUT2D eigenvalue weighted by molar-refractivity contribution is 5.95. The van der Waals surface area contributed by atoms with Crippen LogP contribution < -0.4 is 15.2 Å². The highest BCUT2D eigenvalue weighted by Gasteiger charge is 2.31. The van der Waals surface area contributed by atoms with E-state index in [0.717, 1.165) is 25.7 Å². The van der Waals surface area contributed by atoms with E-state index in [1.807, 2.05) is 4.90 Å². The minimum absolute atomic E-state index is 0. The van der Waals surface area contributed by atoms with Crippen molar-refractivity contribution >= 4 is 24.2 Å². The van der Waals surface area contributed by atoms with Gasteiger partial charge in [-0.3, -0.25) is 9.59 Å². The summed E-state index contributed by atoms with van der Waals surface area (Å²) in [5, 5.41) is 0. The number of nitrogens with zero attached hydrogens (tertiary/aromatic N) is 2. The van der Waals surface area contributed by atoms with Crippen LogP contribution in [-0.2, 0) is 4.79 Å². The molecular formula is C20H30ClN3O4. The Labute approximate surface area is 172 Å². The van der Waals surface area contributed by atoms with E-state index in [9.17, 15) is 9.59 Å². The number of halogens is 1. The quantitative estimate of drug-likeness (QED) is 0.818. The van der Waals surface area contributed by atoms with Crippen LogP contribution >= 0.6 is 12.4 Å². The lowest BCUT2D eigenvalue weighted by atomic mass is 9.85. The van der Waals surface area contributed by atoms with Crippen molar-refractivity contribution in [2.24, 2.45) is 11.7 Å². The van der Waals surface area contributed by atoms with Crippen molar-refractivity contribution in [3.05, 3.63) is 23.8 Å².